The van der Waals surface area contributed by atoms with Gasteiger partial charge < -0.3 is 9.52 Å². The van der Waals surface area contributed by atoms with Gasteiger partial charge in [0.1, 0.15) is 5.60 Å². The third-order valence-electron chi connectivity index (χ3n) is 2.66. The Labute approximate surface area is 89.2 Å². The summed E-state index contributed by atoms with van der Waals surface area (Å²) >= 11 is 0. The van der Waals surface area contributed by atoms with E-state index in [0.29, 0.717) is 0 Å². The summed E-state index contributed by atoms with van der Waals surface area (Å²) in [6.45, 7) is 3.78. The Hall–Kier alpha value is -1.54. The summed E-state index contributed by atoms with van der Waals surface area (Å²) < 4.78 is 4.99. The maximum atomic E-state index is 10.4. The Bertz CT molecular complexity index is 441. The lowest BCUT2D eigenvalue weighted by atomic mass is 9.89. The van der Waals surface area contributed by atoms with Gasteiger partial charge in [0, 0.05) is 5.56 Å². The van der Waals surface area contributed by atoms with Gasteiger partial charge in [-0.2, -0.15) is 0 Å². The molecule has 0 aliphatic heterocycles. The zero-order valence-corrected chi connectivity index (χ0v) is 8.90. The van der Waals surface area contributed by atoms with Crippen LogP contribution in [0.4, 0.5) is 0 Å². The molecule has 15 heavy (non-hydrogen) atoms. The summed E-state index contributed by atoms with van der Waals surface area (Å²) in [6.07, 6.45) is 3.14. The molecule has 1 heterocycles. The van der Waals surface area contributed by atoms with Gasteiger partial charge in [-0.05, 0) is 25.5 Å². The van der Waals surface area contributed by atoms with E-state index in [1.54, 1.807) is 25.5 Å². The van der Waals surface area contributed by atoms with Gasteiger partial charge in [-0.3, -0.25) is 0 Å². The van der Waals surface area contributed by atoms with Crippen molar-refractivity contribution in [3.05, 3.63) is 59.5 Å². The van der Waals surface area contributed by atoms with Crippen molar-refractivity contribution in [1.82, 2.24) is 0 Å². The molecule has 0 aliphatic rings. The summed E-state index contributed by atoms with van der Waals surface area (Å²) in [4.78, 5) is 0. The van der Waals surface area contributed by atoms with Gasteiger partial charge in [-0.25, -0.2) is 0 Å². The molecule has 0 aliphatic carbocycles. The van der Waals surface area contributed by atoms with E-state index in [-0.39, 0.29) is 0 Å². The van der Waals surface area contributed by atoms with Gasteiger partial charge in [0.2, 0.25) is 0 Å². The lowest BCUT2D eigenvalue weighted by Gasteiger charge is -2.22. The standard InChI is InChI=1S/C13H14O2/c1-10-4-3-5-11(8-10)13(2,14)12-6-7-15-9-12/h3-9,14H,1-2H3. The van der Waals surface area contributed by atoms with Crippen LogP contribution in [0.5, 0.6) is 0 Å². The van der Waals surface area contributed by atoms with Gasteiger partial charge in [-0.15, -0.1) is 0 Å². The minimum atomic E-state index is -0.987. The predicted octanol–water partition coefficient (Wildman–Crippen LogP) is 2.84. The lowest BCUT2D eigenvalue weighted by Crippen LogP contribution is -2.21. The van der Waals surface area contributed by atoms with Crippen LogP contribution in [-0.2, 0) is 5.60 Å². The molecule has 0 saturated heterocycles. The fraction of sp³-hybridized carbons (Fsp3) is 0.231. The smallest absolute Gasteiger partial charge is 0.115 e. The van der Waals surface area contributed by atoms with Crippen molar-refractivity contribution >= 4 is 0 Å². The molecule has 2 nitrogen and oxygen atoms in total. The van der Waals surface area contributed by atoms with E-state index in [1.165, 1.54) is 0 Å². The Kier molecular flexibility index (Phi) is 2.37. The highest BCUT2D eigenvalue weighted by molar-refractivity contribution is 5.35. The van der Waals surface area contributed by atoms with Crippen molar-refractivity contribution in [2.45, 2.75) is 19.4 Å². The monoisotopic (exact) mass is 202 g/mol. The molecule has 0 spiro atoms. The van der Waals surface area contributed by atoms with Gasteiger partial charge in [0.15, 0.2) is 0 Å². The van der Waals surface area contributed by atoms with E-state index in [1.807, 2.05) is 31.2 Å². The highest BCUT2D eigenvalue weighted by atomic mass is 16.3. The SMILES string of the molecule is Cc1cccc(C(C)(O)c2ccoc2)c1. The van der Waals surface area contributed by atoms with Crippen LogP contribution in [0.25, 0.3) is 0 Å². The van der Waals surface area contributed by atoms with E-state index in [2.05, 4.69) is 0 Å². The molecular weight excluding hydrogens is 188 g/mol. The third kappa shape index (κ3) is 1.81. The molecule has 1 atom stereocenters. The number of aryl methyl sites for hydroxylation is 1. The van der Waals surface area contributed by atoms with E-state index in [4.69, 9.17) is 4.42 Å². The first-order valence-corrected chi connectivity index (χ1v) is 4.93. The van der Waals surface area contributed by atoms with Gasteiger partial charge in [0.25, 0.3) is 0 Å². The molecule has 0 saturated carbocycles. The molecule has 1 N–H and O–H groups in total. The molecule has 1 aromatic carbocycles. The van der Waals surface area contributed by atoms with Crippen molar-refractivity contribution < 1.29 is 9.52 Å². The first-order valence-electron chi connectivity index (χ1n) is 4.93. The second-order valence-corrected chi connectivity index (χ2v) is 3.95. The number of aliphatic hydroxyl groups is 1. The van der Waals surface area contributed by atoms with E-state index in [0.717, 1.165) is 16.7 Å². The molecule has 2 aromatic rings. The Morgan fingerprint density at radius 3 is 2.60 bits per heavy atom. The second kappa shape index (κ2) is 3.55. The van der Waals surface area contributed by atoms with Crippen LogP contribution in [-0.4, -0.2) is 5.11 Å². The number of hydrogen-bond acceptors (Lipinski definition) is 2. The van der Waals surface area contributed by atoms with Crippen molar-refractivity contribution in [2.75, 3.05) is 0 Å². The van der Waals surface area contributed by atoms with Gasteiger partial charge in [-0.1, -0.05) is 29.8 Å². The lowest BCUT2D eigenvalue weighted by molar-refractivity contribution is 0.101. The van der Waals surface area contributed by atoms with Crippen LogP contribution >= 0.6 is 0 Å². The molecule has 0 fully saturated rings. The molecule has 0 bridgehead atoms. The normalized spacial score (nSPS) is 14.9. The second-order valence-electron chi connectivity index (χ2n) is 3.95. The highest BCUT2D eigenvalue weighted by Gasteiger charge is 2.26. The topological polar surface area (TPSA) is 33.4 Å². The minimum absolute atomic E-state index is 0.771. The number of benzene rings is 1. The molecule has 1 aromatic heterocycles. The molecule has 78 valence electrons. The summed E-state index contributed by atoms with van der Waals surface area (Å²) in [5, 5.41) is 10.4. The van der Waals surface area contributed by atoms with Crippen LogP contribution in [0, 0.1) is 6.92 Å². The summed E-state index contributed by atoms with van der Waals surface area (Å²) in [7, 11) is 0. The van der Waals surface area contributed by atoms with Crippen molar-refractivity contribution in [1.29, 1.82) is 0 Å². The largest absolute Gasteiger partial charge is 0.472 e. The van der Waals surface area contributed by atoms with Crippen LogP contribution < -0.4 is 0 Å². The molecule has 0 radical (unpaired) electrons. The first-order chi connectivity index (χ1) is 7.10. The summed E-state index contributed by atoms with van der Waals surface area (Å²) in [5.74, 6) is 0. The Morgan fingerprint density at radius 2 is 2.00 bits per heavy atom. The predicted molar refractivity (Wildman–Crippen MR) is 58.6 cm³/mol. The van der Waals surface area contributed by atoms with Crippen LogP contribution in [0.3, 0.4) is 0 Å². The zero-order valence-electron chi connectivity index (χ0n) is 8.90. The van der Waals surface area contributed by atoms with Gasteiger partial charge >= 0.3 is 0 Å². The van der Waals surface area contributed by atoms with Crippen molar-refractivity contribution in [2.24, 2.45) is 0 Å². The van der Waals surface area contributed by atoms with Crippen LogP contribution in [0.1, 0.15) is 23.6 Å². The van der Waals surface area contributed by atoms with Crippen molar-refractivity contribution in [3.63, 3.8) is 0 Å². The first kappa shape index (κ1) is 9.99. The maximum Gasteiger partial charge on any atom is 0.115 e. The maximum absolute atomic E-state index is 10.4. The number of rotatable bonds is 2. The third-order valence-corrected chi connectivity index (χ3v) is 2.66. The average Bonchev–Trinajstić information content (AvgIpc) is 2.71. The van der Waals surface area contributed by atoms with Crippen LogP contribution in [0.15, 0.2) is 47.3 Å². The van der Waals surface area contributed by atoms with Crippen LogP contribution in [0.2, 0.25) is 0 Å². The Balaban J connectivity index is 2.46. The molecule has 2 heteroatoms. The summed E-state index contributed by atoms with van der Waals surface area (Å²) in [6, 6.07) is 9.63. The van der Waals surface area contributed by atoms with Crippen molar-refractivity contribution in [3.8, 4) is 0 Å². The number of furan rings is 1. The average molecular weight is 202 g/mol. The summed E-state index contributed by atoms with van der Waals surface area (Å²) in [5.41, 5.74) is 1.80. The van der Waals surface area contributed by atoms with E-state index >= 15 is 0 Å². The molecule has 2 rings (SSSR count). The van der Waals surface area contributed by atoms with E-state index in [9.17, 15) is 5.11 Å². The fourth-order valence-electron chi connectivity index (χ4n) is 1.66. The number of hydrogen-bond donors (Lipinski definition) is 1. The molecule has 0 amide bonds. The molecule has 1 unspecified atom stereocenters. The fourth-order valence-corrected chi connectivity index (χ4v) is 1.66. The Morgan fingerprint density at radius 1 is 1.20 bits per heavy atom. The van der Waals surface area contributed by atoms with E-state index < -0.39 is 5.60 Å². The quantitative estimate of drug-likeness (QED) is 0.812. The molecular formula is C13H14O2. The van der Waals surface area contributed by atoms with Gasteiger partial charge in [0.05, 0.1) is 12.5 Å². The minimum Gasteiger partial charge on any atom is -0.472 e. The zero-order chi connectivity index (χ0) is 10.9. The highest BCUT2D eigenvalue weighted by Crippen LogP contribution is 2.29.